The van der Waals surface area contributed by atoms with Crippen LogP contribution >= 0.6 is 21.3 Å². The lowest BCUT2D eigenvalue weighted by Gasteiger charge is -2.36. The van der Waals surface area contributed by atoms with Crippen molar-refractivity contribution in [2.75, 3.05) is 13.1 Å². The molecular weight excluding hydrogens is 448 g/mol. The molecule has 26 heavy (non-hydrogen) atoms. The summed E-state index contributed by atoms with van der Waals surface area (Å²) in [7, 11) is 0. The molecule has 0 aliphatic carbocycles. The molecule has 0 saturated carbocycles. The fourth-order valence-electron chi connectivity index (χ4n) is 3.52. The number of rotatable bonds is 2. The largest absolute Gasteiger partial charge is 0.338 e. The van der Waals surface area contributed by atoms with Gasteiger partial charge in [-0.05, 0) is 44.4 Å². The summed E-state index contributed by atoms with van der Waals surface area (Å²) < 4.78 is 23.3. The fraction of sp³-hybridized carbons (Fsp3) is 0.389. The van der Waals surface area contributed by atoms with Crippen LogP contribution in [0.3, 0.4) is 0 Å². The average molecular weight is 467 g/mol. The molecule has 1 amide bonds. The summed E-state index contributed by atoms with van der Waals surface area (Å²) in [5, 5.41) is 1.84. The molecule has 3 aliphatic heterocycles. The number of carbonyl (C=O) groups excluding carboxylic acids is 1. The lowest BCUT2D eigenvalue weighted by molar-refractivity contribution is 0.0677. The number of fused-ring (bicyclic) bond motifs is 1. The number of guanidine groups is 1. The maximum absolute atomic E-state index is 14.4. The van der Waals surface area contributed by atoms with Crippen molar-refractivity contribution in [1.29, 1.82) is 0 Å². The van der Waals surface area contributed by atoms with Gasteiger partial charge >= 0.3 is 0 Å². The summed E-state index contributed by atoms with van der Waals surface area (Å²) in [6.07, 6.45) is 3.88. The van der Waals surface area contributed by atoms with Crippen molar-refractivity contribution in [3.05, 3.63) is 46.9 Å². The van der Waals surface area contributed by atoms with Crippen LogP contribution in [0.5, 0.6) is 0 Å². The number of aliphatic imine (C=N–C) groups is 1. The lowest BCUT2D eigenvalue weighted by Crippen LogP contribution is -2.43. The summed E-state index contributed by atoms with van der Waals surface area (Å²) in [6, 6.07) is 4.97. The Labute approximate surface area is 162 Å². The molecule has 0 spiro atoms. The zero-order chi connectivity index (χ0) is 18.3. The van der Waals surface area contributed by atoms with Crippen LogP contribution in [0.4, 0.5) is 4.39 Å². The van der Waals surface area contributed by atoms with Crippen molar-refractivity contribution >= 4 is 38.9 Å². The Balaban J connectivity index is 1.57. The summed E-state index contributed by atoms with van der Waals surface area (Å²) in [5.41, 5.74) is 2.60. The summed E-state index contributed by atoms with van der Waals surface area (Å²) in [4.78, 5) is 19.1. The topological polar surface area (TPSA) is 60.6 Å². The first-order valence-corrected chi connectivity index (χ1v) is 10.5. The maximum atomic E-state index is 14.4. The van der Waals surface area contributed by atoms with Crippen LogP contribution in [0, 0.1) is 18.7 Å². The molecular formula is C18H19FIN5O. The van der Waals surface area contributed by atoms with Crippen molar-refractivity contribution in [2.45, 2.75) is 26.7 Å². The third kappa shape index (κ3) is 3.10. The van der Waals surface area contributed by atoms with Crippen LogP contribution in [0.15, 0.2) is 41.4 Å². The SMILES string of the molecule is CC1=NC2=NI=NN2C(C2CCCN(C(=O)c3cccc(C)c3F)C2)=C1. The third-order valence-corrected chi connectivity index (χ3v) is 6.11. The zero-order valence-corrected chi connectivity index (χ0v) is 16.8. The van der Waals surface area contributed by atoms with Gasteiger partial charge in [0.2, 0.25) is 0 Å². The second-order valence-corrected chi connectivity index (χ2v) is 8.04. The highest BCUT2D eigenvalue weighted by molar-refractivity contribution is 14.1. The Kier molecular flexibility index (Phi) is 4.68. The van der Waals surface area contributed by atoms with Gasteiger partial charge < -0.3 is 4.90 Å². The molecule has 0 aromatic heterocycles. The van der Waals surface area contributed by atoms with E-state index in [9.17, 15) is 9.18 Å². The molecule has 136 valence electrons. The van der Waals surface area contributed by atoms with Crippen molar-refractivity contribution in [1.82, 2.24) is 9.91 Å². The Morgan fingerprint density at radius 3 is 3.04 bits per heavy atom. The molecule has 8 heteroatoms. The number of benzene rings is 1. The van der Waals surface area contributed by atoms with Gasteiger partial charge in [0.05, 0.1) is 11.3 Å². The number of aryl methyl sites for hydroxylation is 1. The first kappa shape index (κ1) is 17.4. The van der Waals surface area contributed by atoms with E-state index in [1.165, 1.54) is 0 Å². The molecule has 0 bridgehead atoms. The minimum Gasteiger partial charge on any atom is -0.338 e. The second-order valence-electron chi connectivity index (χ2n) is 6.70. The highest BCUT2D eigenvalue weighted by Crippen LogP contribution is 2.33. The first-order valence-electron chi connectivity index (χ1n) is 8.58. The molecule has 3 heterocycles. The Hall–Kier alpha value is -1.97. The van der Waals surface area contributed by atoms with Gasteiger partial charge in [-0.3, -0.25) is 4.79 Å². The van der Waals surface area contributed by atoms with Crippen molar-refractivity contribution in [2.24, 2.45) is 17.4 Å². The van der Waals surface area contributed by atoms with Gasteiger partial charge in [-0.1, -0.05) is 12.1 Å². The highest BCUT2D eigenvalue weighted by Gasteiger charge is 2.34. The Morgan fingerprint density at radius 1 is 1.35 bits per heavy atom. The van der Waals surface area contributed by atoms with E-state index in [1.807, 2.05) is 18.0 Å². The van der Waals surface area contributed by atoms with Gasteiger partial charge in [0, 0.05) is 24.7 Å². The van der Waals surface area contributed by atoms with E-state index in [-0.39, 0.29) is 17.4 Å². The van der Waals surface area contributed by atoms with E-state index in [1.54, 1.807) is 30.0 Å². The summed E-state index contributed by atoms with van der Waals surface area (Å²) >= 11 is -0.588. The van der Waals surface area contributed by atoms with Crippen LogP contribution < -0.4 is 0 Å². The number of piperidine rings is 1. The number of carbonyl (C=O) groups is 1. The average Bonchev–Trinajstić information content (AvgIpc) is 3.11. The monoisotopic (exact) mass is 467 g/mol. The summed E-state index contributed by atoms with van der Waals surface area (Å²) in [6.45, 7) is 4.83. The van der Waals surface area contributed by atoms with E-state index in [0.29, 0.717) is 24.6 Å². The Morgan fingerprint density at radius 2 is 2.19 bits per heavy atom. The molecule has 0 radical (unpaired) electrons. The smallest absolute Gasteiger partial charge is 0.257 e. The number of halogens is 2. The third-order valence-electron chi connectivity index (χ3n) is 4.84. The maximum Gasteiger partial charge on any atom is 0.257 e. The number of hydrogen-bond donors (Lipinski definition) is 0. The molecule has 1 atom stereocenters. The van der Waals surface area contributed by atoms with Crippen LogP contribution in [-0.2, 0) is 0 Å². The van der Waals surface area contributed by atoms with Crippen molar-refractivity contribution < 1.29 is 9.18 Å². The molecule has 0 N–H and O–H groups in total. The van der Waals surface area contributed by atoms with Gasteiger partial charge in [-0.2, -0.15) is 8.21 Å². The molecule has 1 unspecified atom stereocenters. The van der Waals surface area contributed by atoms with Crippen LogP contribution in [-0.4, -0.2) is 40.6 Å². The number of nitrogens with zero attached hydrogens (tertiary/aromatic N) is 5. The van der Waals surface area contributed by atoms with Crippen LogP contribution in [0.25, 0.3) is 0 Å². The van der Waals surface area contributed by atoms with Crippen LogP contribution in [0.1, 0.15) is 35.7 Å². The van der Waals surface area contributed by atoms with E-state index < -0.39 is 27.1 Å². The van der Waals surface area contributed by atoms with E-state index in [2.05, 4.69) is 11.5 Å². The fourth-order valence-corrected chi connectivity index (χ4v) is 4.76. The minimum atomic E-state index is -0.588. The van der Waals surface area contributed by atoms with Gasteiger partial charge in [-0.15, -0.1) is 3.25 Å². The molecule has 1 fully saturated rings. The molecule has 1 aromatic rings. The first-order chi connectivity index (χ1) is 12.5. The van der Waals surface area contributed by atoms with E-state index >= 15 is 0 Å². The predicted molar refractivity (Wildman–Crippen MR) is 107 cm³/mol. The number of hydrogen-bond acceptors (Lipinski definition) is 5. The summed E-state index contributed by atoms with van der Waals surface area (Å²) in [5.74, 6) is 0.161. The molecule has 3 aliphatic rings. The number of amides is 1. The van der Waals surface area contributed by atoms with Crippen molar-refractivity contribution in [3.8, 4) is 0 Å². The Bertz CT molecular complexity index is 892. The highest BCUT2D eigenvalue weighted by atomic mass is 127. The second kappa shape index (κ2) is 6.98. The predicted octanol–water partition coefficient (Wildman–Crippen LogP) is 4.00. The minimum absolute atomic E-state index is 0.153. The van der Waals surface area contributed by atoms with Gasteiger partial charge in [0.25, 0.3) is 11.9 Å². The van der Waals surface area contributed by atoms with Gasteiger partial charge in [-0.25, -0.2) is 9.38 Å². The standard InChI is InChI=1S/C18H19FIN5O/c1-11-5-3-7-14(16(11)19)17(26)24-8-4-6-13(10-24)15-9-12(2)21-18-22-20-23-25(15)18/h3,5,7,9,13H,4,6,8,10H2,1-2H3. The lowest BCUT2D eigenvalue weighted by atomic mass is 9.92. The van der Waals surface area contributed by atoms with E-state index in [4.69, 9.17) is 0 Å². The normalized spacial score (nSPS) is 22.3. The number of likely N-dealkylation sites (tertiary alicyclic amines) is 1. The molecule has 1 aromatic carbocycles. The van der Waals surface area contributed by atoms with E-state index in [0.717, 1.165) is 24.3 Å². The zero-order valence-electron chi connectivity index (χ0n) is 14.6. The van der Waals surface area contributed by atoms with Gasteiger partial charge in [0.15, 0.2) is 21.3 Å². The molecule has 1 saturated heterocycles. The van der Waals surface area contributed by atoms with Crippen molar-refractivity contribution in [3.63, 3.8) is 0 Å². The quantitative estimate of drug-likeness (QED) is 0.618. The number of allylic oxidation sites excluding steroid dienone is 1. The molecule has 4 rings (SSSR count). The molecule has 6 nitrogen and oxygen atoms in total. The van der Waals surface area contributed by atoms with Gasteiger partial charge in [0.1, 0.15) is 5.82 Å². The van der Waals surface area contributed by atoms with Crippen LogP contribution in [0.2, 0.25) is 0 Å².